The van der Waals surface area contributed by atoms with Gasteiger partial charge in [-0.3, -0.25) is 14.4 Å². The second-order valence-electron chi connectivity index (χ2n) is 5.27. The molecule has 0 saturated heterocycles. The fraction of sp³-hybridized carbons (Fsp3) is 0.167. The van der Waals surface area contributed by atoms with E-state index in [0.29, 0.717) is 28.8 Å². The van der Waals surface area contributed by atoms with Crippen LogP contribution >= 0.6 is 23.2 Å². The van der Waals surface area contributed by atoms with Crippen molar-refractivity contribution in [3.05, 3.63) is 52.5 Å². The van der Waals surface area contributed by atoms with Gasteiger partial charge in [0.2, 0.25) is 5.91 Å². The van der Waals surface area contributed by atoms with E-state index < -0.39 is 17.7 Å². The number of carbonyl (C=O) groups is 3. The van der Waals surface area contributed by atoms with Gasteiger partial charge >= 0.3 is 11.8 Å². The van der Waals surface area contributed by atoms with E-state index in [0.717, 1.165) is 0 Å². The van der Waals surface area contributed by atoms with Gasteiger partial charge in [-0.2, -0.15) is 0 Å². The van der Waals surface area contributed by atoms with Crippen molar-refractivity contribution in [3.63, 3.8) is 0 Å². The molecule has 0 aromatic heterocycles. The molecule has 2 aromatic rings. The minimum Gasteiger partial charge on any atom is -0.494 e. The molecule has 0 aliphatic rings. The lowest BCUT2D eigenvalue weighted by Gasteiger charge is -2.09. The molecule has 3 amide bonds. The van der Waals surface area contributed by atoms with E-state index in [1.807, 2.05) is 6.92 Å². The van der Waals surface area contributed by atoms with Crippen LogP contribution in [0.2, 0.25) is 10.0 Å². The van der Waals surface area contributed by atoms with Crippen LogP contribution in [0.4, 0.5) is 11.4 Å². The van der Waals surface area contributed by atoms with Crippen molar-refractivity contribution in [3.8, 4) is 5.75 Å². The first-order chi connectivity index (χ1) is 12.9. The molecule has 9 heteroatoms. The lowest BCUT2D eigenvalue weighted by atomic mass is 10.3. The van der Waals surface area contributed by atoms with Crippen molar-refractivity contribution in [2.75, 3.05) is 23.8 Å². The molecule has 27 heavy (non-hydrogen) atoms. The van der Waals surface area contributed by atoms with Gasteiger partial charge in [-0.25, -0.2) is 0 Å². The molecule has 2 rings (SSSR count). The number of anilines is 2. The molecule has 0 saturated carbocycles. The van der Waals surface area contributed by atoms with Gasteiger partial charge in [0.1, 0.15) is 5.75 Å². The first-order valence-electron chi connectivity index (χ1n) is 7.96. The number of amides is 3. The van der Waals surface area contributed by atoms with Crippen LogP contribution in [0, 0.1) is 0 Å². The summed E-state index contributed by atoms with van der Waals surface area (Å²) < 4.78 is 5.30. The summed E-state index contributed by atoms with van der Waals surface area (Å²) in [4.78, 5) is 35.5. The van der Waals surface area contributed by atoms with E-state index in [2.05, 4.69) is 16.0 Å². The maximum absolute atomic E-state index is 11.9. The molecule has 3 N–H and O–H groups in total. The second kappa shape index (κ2) is 9.80. The fourth-order valence-electron chi connectivity index (χ4n) is 2.01. The molecule has 0 spiro atoms. The summed E-state index contributed by atoms with van der Waals surface area (Å²) in [7, 11) is 0. The summed E-state index contributed by atoms with van der Waals surface area (Å²) in [5.74, 6) is -1.68. The van der Waals surface area contributed by atoms with Crippen molar-refractivity contribution >= 4 is 52.3 Å². The highest BCUT2D eigenvalue weighted by Gasteiger charge is 2.15. The minimum atomic E-state index is -0.956. The Morgan fingerprint density at radius 3 is 2.19 bits per heavy atom. The zero-order chi connectivity index (χ0) is 19.8. The Kier molecular flexibility index (Phi) is 7.45. The Balaban J connectivity index is 1.80. The molecule has 0 aliphatic heterocycles. The average Bonchev–Trinajstić information content (AvgIpc) is 2.64. The van der Waals surface area contributed by atoms with Gasteiger partial charge in [0.15, 0.2) is 0 Å². The van der Waals surface area contributed by atoms with Gasteiger partial charge in [0.25, 0.3) is 0 Å². The molecule has 142 valence electrons. The van der Waals surface area contributed by atoms with Crippen LogP contribution in [-0.2, 0) is 14.4 Å². The normalized spacial score (nSPS) is 10.0. The Labute approximate surface area is 166 Å². The highest BCUT2D eigenvalue weighted by molar-refractivity contribution is 6.43. The maximum Gasteiger partial charge on any atom is 0.313 e. The molecule has 0 fully saturated rings. The van der Waals surface area contributed by atoms with Crippen LogP contribution in [0.5, 0.6) is 5.75 Å². The molecule has 7 nitrogen and oxygen atoms in total. The predicted molar refractivity (Wildman–Crippen MR) is 104 cm³/mol. The fourth-order valence-corrected chi connectivity index (χ4v) is 2.31. The van der Waals surface area contributed by atoms with E-state index in [-0.39, 0.29) is 11.6 Å². The smallest absolute Gasteiger partial charge is 0.313 e. The molecule has 0 heterocycles. The third-order valence-corrected chi connectivity index (χ3v) is 3.98. The summed E-state index contributed by atoms with van der Waals surface area (Å²) in [6, 6.07) is 11.2. The number of hydrogen-bond acceptors (Lipinski definition) is 4. The molecule has 0 aliphatic carbocycles. The van der Waals surface area contributed by atoms with Gasteiger partial charge in [-0.15, -0.1) is 0 Å². The van der Waals surface area contributed by atoms with Crippen LogP contribution in [0.1, 0.15) is 6.92 Å². The summed E-state index contributed by atoms with van der Waals surface area (Å²) in [6.45, 7) is 2.05. The number of carbonyl (C=O) groups excluding carboxylic acids is 3. The van der Waals surface area contributed by atoms with Crippen LogP contribution in [0.3, 0.4) is 0 Å². The molecule has 0 bridgehead atoms. The number of halogens is 2. The quantitative estimate of drug-likeness (QED) is 0.638. The Bertz CT molecular complexity index is 841. The Morgan fingerprint density at radius 2 is 1.56 bits per heavy atom. The van der Waals surface area contributed by atoms with Gasteiger partial charge in [0.05, 0.1) is 23.2 Å². The lowest BCUT2D eigenvalue weighted by molar-refractivity contribution is -0.136. The number of hydrogen-bond donors (Lipinski definition) is 3. The summed E-state index contributed by atoms with van der Waals surface area (Å²) in [5, 5.41) is 7.76. The van der Waals surface area contributed by atoms with E-state index >= 15 is 0 Å². The Morgan fingerprint density at radius 1 is 0.889 bits per heavy atom. The number of benzene rings is 2. The lowest BCUT2D eigenvalue weighted by Crippen LogP contribution is -2.39. The predicted octanol–water partition coefficient (Wildman–Crippen LogP) is 3.09. The molecule has 2 aromatic carbocycles. The van der Waals surface area contributed by atoms with E-state index in [1.54, 1.807) is 24.3 Å². The molecule has 0 radical (unpaired) electrons. The van der Waals surface area contributed by atoms with Gasteiger partial charge in [-0.1, -0.05) is 23.2 Å². The standard InChI is InChI=1S/C18H17Cl2N3O4/c1-2-27-13-6-3-11(4-7-13)22-16(24)10-21-17(25)18(26)23-12-5-8-14(19)15(20)9-12/h3-9H,2,10H2,1H3,(H,21,25)(H,22,24)(H,23,26). The van der Waals surface area contributed by atoms with Crippen LogP contribution in [-0.4, -0.2) is 30.9 Å². The third kappa shape index (κ3) is 6.47. The summed E-state index contributed by atoms with van der Waals surface area (Å²) >= 11 is 11.6. The molecule has 0 atom stereocenters. The maximum atomic E-state index is 11.9. The Hall–Kier alpha value is -2.77. The van der Waals surface area contributed by atoms with Gasteiger partial charge in [-0.05, 0) is 49.4 Å². The van der Waals surface area contributed by atoms with E-state index in [4.69, 9.17) is 27.9 Å². The number of nitrogens with one attached hydrogen (secondary N) is 3. The van der Waals surface area contributed by atoms with E-state index in [1.165, 1.54) is 18.2 Å². The number of ether oxygens (including phenoxy) is 1. The van der Waals surface area contributed by atoms with Crippen molar-refractivity contribution in [2.24, 2.45) is 0 Å². The van der Waals surface area contributed by atoms with Crippen molar-refractivity contribution in [1.82, 2.24) is 5.32 Å². The largest absolute Gasteiger partial charge is 0.494 e. The average molecular weight is 410 g/mol. The molecular weight excluding hydrogens is 393 g/mol. The third-order valence-electron chi connectivity index (χ3n) is 3.24. The van der Waals surface area contributed by atoms with Gasteiger partial charge in [0, 0.05) is 11.4 Å². The second-order valence-corrected chi connectivity index (χ2v) is 6.09. The first kappa shape index (κ1) is 20.5. The minimum absolute atomic E-state index is 0.240. The highest BCUT2D eigenvalue weighted by atomic mass is 35.5. The van der Waals surface area contributed by atoms with Crippen molar-refractivity contribution in [1.29, 1.82) is 0 Å². The zero-order valence-corrected chi connectivity index (χ0v) is 15.9. The summed E-state index contributed by atoms with van der Waals surface area (Å²) in [6.07, 6.45) is 0. The van der Waals surface area contributed by atoms with Crippen molar-refractivity contribution < 1.29 is 19.1 Å². The summed E-state index contributed by atoms with van der Waals surface area (Å²) in [5.41, 5.74) is 0.848. The molecule has 0 unspecified atom stereocenters. The van der Waals surface area contributed by atoms with Crippen LogP contribution in [0.25, 0.3) is 0 Å². The van der Waals surface area contributed by atoms with Gasteiger partial charge < -0.3 is 20.7 Å². The van der Waals surface area contributed by atoms with Crippen molar-refractivity contribution in [2.45, 2.75) is 6.92 Å². The van der Waals surface area contributed by atoms with E-state index in [9.17, 15) is 14.4 Å². The van der Waals surface area contributed by atoms with Crippen LogP contribution in [0.15, 0.2) is 42.5 Å². The molecular formula is C18H17Cl2N3O4. The number of rotatable bonds is 6. The topological polar surface area (TPSA) is 96.5 Å². The first-order valence-corrected chi connectivity index (χ1v) is 8.71. The highest BCUT2D eigenvalue weighted by Crippen LogP contribution is 2.24. The monoisotopic (exact) mass is 409 g/mol. The zero-order valence-electron chi connectivity index (χ0n) is 14.3. The SMILES string of the molecule is CCOc1ccc(NC(=O)CNC(=O)C(=O)Nc2ccc(Cl)c(Cl)c2)cc1. The van der Waals surface area contributed by atoms with Crippen LogP contribution < -0.4 is 20.7 Å².